The molecule has 1 unspecified atom stereocenters. The third kappa shape index (κ3) is 5.16. The van der Waals surface area contributed by atoms with Crippen molar-refractivity contribution in [2.24, 2.45) is 29.6 Å². The molecule has 0 saturated heterocycles. The molecule has 0 radical (unpaired) electrons. The summed E-state index contributed by atoms with van der Waals surface area (Å²) in [5.74, 6) is -0.896. The van der Waals surface area contributed by atoms with Crippen molar-refractivity contribution in [3.8, 4) is 0 Å². The first-order valence-electron chi connectivity index (χ1n) is 10.4. The Bertz CT molecular complexity index is 498. The van der Waals surface area contributed by atoms with E-state index in [-0.39, 0.29) is 36.2 Å². The maximum absolute atomic E-state index is 12.9. The van der Waals surface area contributed by atoms with Gasteiger partial charge < -0.3 is 10.2 Å². The third-order valence-electron chi connectivity index (χ3n) is 6.38. The van der Waals surface area contributed by atoms with Crippen LogP contribution < -0.4 is 0 Å². The zero-order chi connectivity index (χ0) is 20.3. The number of rotatable bonds is 0. The maximum atomic E-state index is 12.9. The second-order valence-electron chi connectivity index (χ2n) is 9.39. The van der Waals surface area contributed by atoms with Crippen molar-refractivity contribution >= 4 is 11.6 Å². The van der Waals surface area contributed by atoms with Crippen molar-refractivity contribution in [1.29, 1.82) is 0 Å². The van der Waals surface area contributed by atoms with Gasteiger partial charge in [0, 0.05) is 11.8 Å². The number of hydrogen-bond acceptors (Lipinski definition) is 4. The van der Waals surface area contributed by atoms with E-state index in [9.17, 15) is 19.8 Å². The fraction of sp³-hybridized carbons (Fsp3) is 0.909. The van der Waals surface area contributed by atoms with Gasteiger partial charge in [0.15, 0.2) is 5.78 Å². The lowest BCUT2D eigenvalue weighted by molar-refractivity contribution is -0.151. The topological polar surface area (TPSA) is 74.6 Å². The number of carbonyl (C=O) groups is 2. The molecule has 2 N–H and O–H groups in total. The van der Waals surface area contributed by atoms with E-state index >= 15 is 0 Å². The standard InChI is InChI=1S/C19H32O4.C3H8/c1-11-6-7-18(5,22)10-15-16(20)14(4)9-19(15,23)17(21)13(3)8-12(11)2;1-3-2/h11-15,22-23H,6-10H2,1-5H3;3H2,1-2H3/t11-,12+,13+,14?,15-,18-,19+;/m0./s1. The van der Waals surface area contributed by atoms with Gasteiger partial charge >= 0.3 is 0 Å². The van der Waals surface area contributed by atoms with Gasteiger partial charge in [0.2, 0.25) is 0 Å². The third-order valence-corrected chi connectivity index (χ3v) is 6.38. The van der Waals surface area contributed by atoms with E-state index in [1.54, 1.807) is 13.8 Å². The molecule has 0 aromatic heterocycles. The van der Waals surface area contributed by atoms with E-state index in [4.69, 9.17) is 0 Å². The summed E-state index contributed by atoms with van der Waals surface area (Å²) < 4.78 is 0. The van der Waals surface area contributed by atoms with Crippen molar-refractivity contribution in [3.05, 3.63) is 0 Å². The van der Waals surface area contributed by atoms with Crippen LogP contribution in [0.2, 0.25) is 0 Å². The molecule has 2 rings (SSSR count). The highest BCUT2D eigenvalue weighted by molar-refractivity contribution is 5.99. The molecule has 2 aliphatic rings. The van der Waals surface area contributed by atoms with Crippen molar-refractivity contribution < 1.29 is 19.8 Å². The lowest BCUT2D eigenvalue weighted by Gasteiger charge is -2.34. The summed E-state index contributed by atoms with van der Waals surface area (Å²) in [4.78, 5) is 25.5. The van der Waals surface area contributed by atoms with Gasteiger partial charge in [-0.05, 0) is 50.9 Å². The molecule has 0 aromatic carbocycles. The van der Waals surface area contributed by atoms with Crippen molar-refractivity contribution in [3.63, 3.8) is 0 Å². The van der Waals surface area contributed by atoms with Crippen molar-refractivity contribution in [2.45, 2.75) is 98.2 Å². The fourth-order valence-corrected chi connectivity index (χ4v) is 4.52. The van der Waals surface area contributed by atoms with Gasteiger partial charge in [-0.2, -0.15) is 0 Å². The number of aliphatic hydroxyl groups is 2. The first kappa shape index (κ1) is 23.3. The van der Waals surface area contributed by atoms with Crippen LogP contribution in [0.3, 0.4) is 0 Å². The first-order chi connectivity index (χ1) is 11.9. The Hall–Kier alpha value is -0.740. The molecule has 4 heteroatoms. The highest BCUT2D eigenvalue weighted by Gasteiger charge is 2.57. The zero-order valence-electron chi connectivity index (χ0n) is 17.8. The Balaban J connectivity index is 0.00000105. The molecule has 0 aromatic rings. The van der Waals surface area contributed by atoms with Gasteiger partial charge in [0.25, 0.3) is 0 Å². The molecule has 2 saturated carbocycles. The van der Waals surface area contributed by atoms with Crippen LogP contribution >= 0.6 is 0 Å². The first-order valence-corrected chi connectivity index (χ1v) is 10.4. The number of ketones is 2. The Labute approximate surface area is 159 Å². The summed E-state index contributed by atoms with van der Waals surface area (Å²) >= 11 is 0. The zero-order valence-corrected chi connectivity index (χ0v) is 17.8. The van der Waals surface area contributed by atoms with Crippen LogP contribution in [0.5, 0.6) is 0 Å². The second-order valence-corrected chi connectivity index (χ2v) is 9.39. The van der Waals surface area contributed by atoms with Crippen LogP contribution in [0, 0.1) is 29.6 Å². The van der Waals surface area contributed by atoms with Gasteiger partial charge in [0.1, 0.15) is 11.4 Å². The van der Waals surface area contributed by atoms with Crippen LogP contribution in [0.4, 0.5) is 0 Å². The highest BCUT2D eigenvalue weighted by atomic mass is 16.3. The van der Waals surface area contributed by atoms with Crippen LogP contribution in [0.1, 0.15) is 87.0 Å². The molecule has 0 heterocycles. The number of hydrogen-bond donors (Lipinski definition) is 2. The quantitative estimate of drug-likeness (QED) is 0.673. The number of fused-ring (bicyclic) bond motifs is 1. The van der Waals surface area contributed by atoms with E-state index in [1.807, 2.05) is 6.92 Å². The summed E-state index contributed by atoms with van der Waals surface area (Å²) in [6.45, 7) is 13.9. The molecule has 0 bridgehead atoms. The van der Waals surface area contributed by atoms with Gasteiger partial charge in [-0.1, -0.05) is 48.0 Å². The summed E-state index contributed by atoms with van der Waals surface area (Å²) in [5.41, 5.74) is -2.63. The second kappa shape index (κ2) is 8.97. The molecular weight excluding hydrogens is 328 g/mol. The van der Waals surface area contributed by atoms with Crippen molar-refractivity contribution in [1.82, 2.24) is 0 Å². The van der Waals surface area contributed by atoms with E-state index in [1.165, 1.54) is 6.42 Å². The van der Waals surface area contributed by atoms with Gasteiger partial charge in [0.05, 0.1) is 11.5 Å². The minimum absolute atomic E-state index is 0.0753. The molecule has 2 fully saturated rings. The minimum atomic E-state index is -1.60. The van der Waals surface area contributed by atoms with Crippen molar-refractivity contribution in [2.75, 3.05) is 0 Å². The Morgan fingerprint density at radius 2 is 1.50 bits per heavy atom. The molecule has 152 valence electrons. The average molecular weight is 369 g/mol. The fourth-order valence-electron chi connectivity index (χ4n) is 4.52. The Morgan fingerprint density at radius 1 is 0.962 bits per heavy atom. The average Bonchev–Trinajstić information content (AvgIpc) is 2.75. The predicted molar refractivity (Wildman–Crippen MR) is 105 cm³/mol. The number of Topliss-reactive ketones (excluding diaryl/α,β-unsaturated/α-hetero) is 2. The lowest BCUT2D eigenvalue weighted by atomic mass is 9.75. The maximum Gasteiger partial charge on any atom is 0.167 e. The summed E-state index contributed by atoms with van der Waals surface area (Å²) in [5, 5.41) is 21.8. The monoisotopic (exact) mass is 368 g/mol. The number of carbonyl (C=O) groups excluding carboxylic acids is 2. The normalized spacial score (nSPS) is 44.6. The largest absolute Gasteiger partial charge is 0.390 e. The Kier molecular flexibility index (Phi) is 8.04. The lowest BCUT2D eigenvalue weighted by Crippen LogP contribution is -2.49. The SMILES string of the molecule is CC1C[C@]2(O)C(=O)[C@H](C)C[C@@H](C)[C@@H](C)CC[C@](C)(O)C[C@H]2C1=O.CCC. The van der Waals surface area contributed by atoms with Gasteiger partial charge in [-0.25, -0.2) is 0 Å². The van der Waals surface area contributed by atoms with Crippen LogP contribution in [0.15, 0.2) is 0 Å². The molecule has 0 amide bonds. The van der Waals surface area contributed by atoms with Gasteiger partial charge in [-0.15, -0.1) is 0 Å². The van der Waals surface area contributed by atoms with Crippen LogP contribution in [-0.2, 0) is 9.59 Å². The summed E-state index contributed by atoms with van der Waals surface area (Å²) in [6, 6.07) is 0. The van der Waals surface area contributed by atoms with Gasteiger partial charge in [-0.3, -0.25) is 9.59 Å². The summed E-state index contributed by atoms with van der Waals surface area (Å²) in [6.07, 6.45) is 3.80. The van der Waals surface area contributed by atoms with E-state index in [0.717, 1.165) is 12.8 Å². The molecule has 2 aliphatic carbocycles. The van der Waals surface area contributed by atoms with E-state index in [0.29, 0.717) is 18.3 Å². The smallest absolute Gasteiger partial charge is 0.167 e. The van der Waals surface area contributed by atoms with Crippen LogP contribution in [0.25, 0.3) is 0 Å². The molecule has 4 nitrogen and oxygen atoms in total. The highest BCUT2D eigenvalue weighted by Crippen LogP contribution is 2.45. The summed E-state index contributed by atoms with van der Waals surface area (Å²) in [7, 11) is 0. The Morgan fingerprint density at radius 3 is 2.04 bits per heavy atom. The molecule has 0 aliphatic heterocycles. The molecule has 0 spiro atoms. The van der Waals surface area contributed by atoms with E-state index < -0.39 is 17.1 Å². The van der Waals surface area contributed by atoms with E-state index in [2.05, 4.69) is 27.7 Å². The minimum Gasteiger partial charge on any atom is -0.390 e. The van der Waals surface area contributed by atoms with Crippen LogP contribution in [-0.4, -0.2) is 33.0 Å². The predicted octanol–water partition coefficient (Wildman–Crippen LogP) is 4.16. The molecule has 7 atom stereocenters. The molecule has 26 heavy (non-hydrogen) atoms. The molecular formula is C22H40O4.